The molecule has 1 nitrogen and oxygen atoms in total. The van der Waals surface area contributed by atoms with Gasteiger partial charge in [-0.2, -0.15) is 0 Å². The zero-order valence-corrected chi connectivity index (χ0v) is 9.90. The van der Waals surface area contributed by atoms with Crippen LogP contribution in [0.3, 0.4) is 0 Å². The first-order chi connectivity index (χ1) is 8.09. The lowest BCUT2D eigenvalue weighted by molar-refractivity contribution is 0.415. The molecule has 17 heavy (non-hydrogen) atoms. The molecule has 2 aromatic carbocycles. The Morgan fingerprint density at radius 1 is 0.765 bits per heavy atom. The van der Waals surface area contributed by atoms with E-state index in [2.05, 4.69) is 0 Å². The van der Waals surface area contributed by atoms with Gasteiger partial charge in [-0.25, -0.2) is 8.78 Å². The maximum absolute atomic E-state index is 13.5. The molecule has 0 amide bonds. The second-order valence-corrected chi connectivity index (χ2v) is 4.02. The molecular weight excluding hydrogens is 269 g/mol. The van der Waals surface area contributed by atoms with Gasteiger partial charge in [-0.3, -0.25) is 0 Å². The van der Waals surface area contributed by atoms with Crippen LogP contribution in [0.4, 0.5) is 8.78 Å². The maximum Gasteiger partial charge on any atom is 0.184 e. The Hall–Kier alpha value is -1.32. The normalized spacial score (nSPS) is 10.4. The molecular formula is C12H6Cl2F2O. The van der Waals surface area contributed by atoms with Gasteiger partial charge in [-0.15, -0.1) is 0 Å². The number of hydrogen-bond donors (Lipinski definition) is 0. The Morgan fingerprint density at radius 2 is 1.18 bits per heavy atom. The molecule has 5 heteroatoms. The predicted octanol–water partition coefficient (Wildman–Crippen LogP) is 5.06. The molecule has 0 heterocycles. The fraction of sp³-hybridized carbons (Fsp3) is 0. The van der Waals surface area contributed by atoms with Crippen molar-refractivity contribution in [1.82, 2.24) is 0 Å². The summed E-state index contributed by atoms with van der Waals surface area (Å²) in [6.07, 6.45) is 0. The van der Waals surface area contributed by atoms with Crippen LogP contribution in [-0.4, -0.2) is 0 Å². The van der Waals surface area contributed by atoms with Gasteiger partial charge in [0.15, 0.2) is 23.1 Å². The van der Waals surface area contributed by atoms with E-state index in [1.165, 1.54) is 36.4 Å². The molecule has 88 valence electrons. The molecule has 2 rings (SSSR count). The van der Waals surface area contributed by atoms with Crippen LogP contribution in [0.15, 0.2) is 36.4 Å². The highest BCUT2D eigenvalue weighted by molar-refractivity contribution is 6.31. The first-order valence-corrected chi connectivity index (χ1v) is 5.41. The van der Waals surface area contributed by atoms with Crippen molar-refractivity contribution in [3.05, 3.63) is 58.1 Å². The summed E-state index contributed by atoms with van der Waals surface area (Å²) in [4.78, 5) is 0. The topological polar surface area (TPSA) is 9.23 Å². The molecule has 0 N–H and O–H groups in total. The molecule has 0 fully saturated rings. The minimum absolute atomic E-state index is 0.0927. The van der Waals surface area contributed by atoms with E-state index in [-0.39, 0.29) is 21.5 Å². The summed E-state index contributed by atoms with van der Waals surface area (Å²) in [5, 5.41) is -0.185. The van der Waals surface area contributed by atoms with Crippen molar-refractivity contribution >= 4 is 23.2 Å². The molecule has 0 aliphatic rings. The zero-order valence-electron chi connectivity index (χ0n) is 8.38. The molecule has 0 radical (unpaired) electrons. The highest BCUT2D eigenvalue weighted by atomic mass is 35.5. The van der Waals surface area contributed by atoms with E-state index in [0.29, 0.717) is 0 Å². The fourth-order valence-corrected chi connectivity index (χ4v) is 1.58. The zero-order chi connectivity index (χ0) is 12.4. The third-order valence-electron chi connectivity index (χ3n) is 2.05. The second kappa shape index (κ2) is 4.90. The summed E-state index contributed by atoms with van der Waals surface area (Å²) in [5.41, 5.74) is 0. The molecule has 0 aliphatic heterocycles. The molecule has 0 spiro atoms. The van der Waals surface area contributed by atoms with Crippen LogP contribution in [0.25, 0.3) is 0 Å². The van der Waals surface area contributed by atoms with Gasteiger partial charge in [0.2, 0.25) is 0 Å². The summed E-state index contributed by atoms with van der Waals surface area (Å²) in [5.74, 6) is -1.79. The largest absolute Gasteiger partial charge is 0.451 e. The van der Waals surface area contributed by atoms with Crippen molar-refractivity contribution in [2.24, 2.45) is 0 Å². The Labute approximate surface area is 107 Å². The average Bonchev–Trinajstić information content (AvgIpc) is 2.31. The van der Waals surface area contributed by atoms with Gasteiger partial charge in [0, 0.05) is 0 Å². The van der Waals surface area contributed by atoms with Crippen LogP contribution in [0.2, 0.25) is 10.0 Å². The lowest BCUT2D eigenvalue weighted by Gasteiger charge is -2.08. The minimum atomic E-state index is -0.742. The maximum atomic E-state index is 13.5. The van der Waals surface area contributed by atoms with Crippen molar-refractivity contribution in [3.63, 3.8) is 0 Å². The molecule has 0 bridgehead atoms. The summed E-state index contributed by atoms with van der Waals surface area (Å²) in [7, 11) is 0. The number of ether oxygens (including phenoxy) is 1. The first kappa shape index (κ1) is 12.1. The van der Waals surface area contributed by atoms with E-state index in [4.69, 9.17) is 27.9 Å². The van der Waals surface area contributed by atoms with Crippen molar-refractivity contribution in [3.8, 4) is 11.5 Å². The Morgan fingerprint density at radius 3 is 1.59 bits per heavy atom. The van der Waals surface area contributed by atoms with Gasteiger partial charge < -0.3 is 4.74 Å². The molecule has 0 saturated carbocycles. The van der Waals surface area contributed by atoms with E-state index in [1.54, 1.807) is 0 Å². The Bertz CT molecular complexity index is 509. The van der Waals surface area contributed by atoms with E-state index in [0.717, 1.165) is 0 Å². The fourth-order valence-electron chi connectivity index (χ4n) is 1.24. The predicted molar refractivity (Wildman–Crippen MR) is 62.9 cm³/mol. The van der Waals surface area contributed by atoms with Gasteiger partial charge in [0.05, 0.1) is 10.0 Å². The monoisotopic (exact) mass is 274 g/mol. The molecule has 2 aromatic rings. The number of rotatable bonds is 2. The van der Waals surface area contributed by atoms with Gasteiger partial charge in [0.1, 0.15) is 0 Å². The Kier molecular flexibility index (Phi) is 3.50. The summed E-state index contributed by atoms with van der Waals surface area (Å²) >= 11 is 11.2. The Balaban J connectivity index is 2.38. The van der Waals surface area contributed by atoms with E-state index in [1.807, 2.05) is 0 Å². The summed E-state index contributed by atoms with van der Waals surface area (Å²) < 4.78 is 32.1. The highest BCUT2D eigenvalue weighted by Crippen LogP contribution is 2.32. The molecule has 0 saturated heterocycles. The van der Waals surface area contributed by atoms with Gasteiger partial charge in [0.25, 0.3) is 0 Å². The quantitative estimate of drug-likeness (QED) is 0.744. The minimum Gasteiger partial charge on any atom is -0.451 e. The van der Waals surface area contributed by atoms with Crippen LogP contribution in [0, 0.1) is 11.6 Å². The van der Waals surface area contributed by atoms with Gasteiger partial charge >= 0.3 is 0 Å². The van der Waals surface area contributed by atoms with E-state index < -0.39 is 11.6 Å². The summed E-state index contributed by atoms with van der Waals surface area (Å²) in [6, 6.07) is 8.45. The highest BCUT2D eigenvalue weighted by Gasteiger charge is 2.12. The third kappa shape index (κ3) is 2.51. The number of halogens is 4. The lowest BCUT2D eigenvalue weighted by Crippen LogP contribution is -1.92. The smallest absolute Gasteiger partial charge is 0.184 e. The van der Waals surface area contributed by atoms with Crippen molar-refractivity contribution in [2.75, 3.05) is 0 Å². The molecule has 0 aliphatic carbocycles. The molecule has 0 aromatic heterocycles. The van der Waals surface area contributed by atoms with Gasteiger partial charge in [-0.1, -0.05) is 35.3 Å². The van der Waals surface area contributed by atoms with E-state index in [9.17, 15) is 8.78 Å². The van der Waals surface area contributed by atoms with Gasteiger partial charge in [-0.05, 0) is 24.3 Å². The molecule has 0 unspecified atom stereocenters. The van der Waals surface area contributed by atoms with Crippen molar-refractivity contribution < 1.29 is 13.5 Å². The number of benzene rings is 2. The van der Waals surface area contributed by atoms with E-state index >= 15 is 0 Å². The van der Waals surface area contributed by atoms with Crippen LogP contribution < -0.4 is 4.74 Å². The average molecular weight is 275 g/mol. The third-order valence-corrected chi connectivity index (χ3v) is 2.64. The lowest BCUT2D eigenvalue weighted by atomic mass is 10.3. The van der Waals surface area contributed by atoms with Crippen LogP contribution in [0.1, 0.15) is 0 Å². The number of hydrogen-bond acceptors (Lipinski definition) is 1. The second-order valence-electron chi connectivity index (χ2n) is 3.21. The first-order valence-electron chi connectivity index (χ1n) is 4.65. The van der Waals surface area contributed by atoms with Crippen LogP contribution in [-0.2, 0) is 0 Å². The van der Waals surface area contributed by atoms with Crippen molar-refractivity contribution in [1.29, 1.82) is 0 Å². The van der Waals surface area contributed by atoms with Crippen molar-refractivity contribution in [2.45, 2.75) is 0 Å². The van der Waals surface area contributed by atoms with Crippen LogP contribution in [0.5, 0.6) is 11.5 Å². The van der Waals surface area contributed by atoms with Crippen LogP contribution >= 0.6 is 23.2 Å². The SMILES string of the molecule is Fc1c(Cl)cccc1Oc1cccc(Cl)c1F. The standard InChI is InChI=1S/C12H6Cl2F2O/c13-7-3-1-5-9(11(7)15)17-10-6-2-4-8(14)12(10)16/h1-6H. The summed E-state index contributed by atoms with van der Waals surface area (Å²) in [6.45, 7) is 0. The molecule has 0 atom stereocenters.